The van der Waals surface area contributed by atoms with Crippen molar-refractivity contribution in [3.8, 4) is 0 Å². The summed E-state index contributed by atoms with van der Waals surface area (Å²) >= 11 is 0. The minimum atomic E-state index is -0.179. The molecule has 1 atom stereocenters. The third-order valence-electron chi connectivity index (χ3n) is 5.22. The molecule has 1 saturated carbocycles. The molecule has 1 aromatic rings. The van der Waals surface area contributed by atoms with Crippen molar-refractivity contribution in [2.75, 3.05) is 19.6 Å². The van der Waals surface area contributed by atoms with Crippen molar-refractivity contribution >= 4 is 5.91 Å². The highest BCUT2D eigenvalue weighted by Gasteiger charge is 2.31. The smallest absolute Gasteiger partial charge is 0.269 e. The van der Waals surface area contributed by atoms with E-state index in [2.05, 4.69) is 37.9 Å². The van der Waals surface area contributed by atoms with Crippen LogP contribution < -0.4 is 5.32 Å². The predicted molar refractivity (Wildman–Crippen MR) is 96.4 cm³/mol. The van der Waals surface area contributed by atoms with E-state index in [0.29, 0.717) is 24.2 Å². The van der Waals surface area contributed by atoms with Gasteiger partial charge in [0.1, 0.15) is 5.69 Å². The molecule has 0 aromatic carbocycles. The Balaban J connectivity index is 1.61. The minimum absolute atomic E-state index is 0.00832. The molecular weight excluding hydrogens is 300 g/mol. The van der Waals surface area contributed by atoms with E-state index in [1.165, 1.54) is 32.1 Å². The number of hydrogen-bond donors (Lipinski definition) is 1. The van der Waals surface area contributed by atoms with Crippen molar-refractivity contribution in [2.45, 2.75) is 77.3 Å². The molecule has 2 fully saturated rings. The second-order valence-electron chi connectivity index (χ2n) is 8.45. The van der Waals surface area contributed by atoms with Crippen molar-refractivity contribution in [1.82, 2.24) is 20.0 Å². The van der Waals surface area contributed by atoms with Gasteiger partial charge in [-0.05, 0) is 66.0 Å². The van der Waals surface area contributed by atoms with Gasteiger partial charge in [-0.2, -0.15) is 5.10 Å². The van der Waals surface area contributed by atoms with Crippen molar-refractivity contribution < 1.29 is 4.79 Å². The molecule has 0 radical (unpaired) electrons. The molecule has 1 amide bonds. The van der Waals surface area contributed by atoms with E-state index in [1.807, 2.05) is 10.7 Å². The number of carbonyl (C=O) groups excluding carboxylic acids is 1. The summed E-state index contributed by atoms with van der Waals surface area (Å²) in [7, 11) is 0. The molecule has 1 aliphatic carbocycles. The summed E-state index contributed by atoms with van der Waals surface area (Å²) in [4.78, 5) is 15.2. The fraction of sp³-hybridized carbons (Fsp3) is 0.789. The van der Waals surface area contributed by atoms with E-state index in [4.69, 9.17) is 5.10 Å². The van der Waals surface area contributed by atoms with Crippen LogP contribution in [-0.4, -0.2) is 46.3 Å². The van der Waals surface area contributed by atoms with Crippen LogP contribution >= 0.6 is 0 Å². The van der Waals surface area contributed by atoms with Crippen LogP contribution in [0.3, 0.4) is 0 Å². The van der Waals surface area contributed by atoms with E-state index in [9.17, 15) is 4.79 Å². The Kier molecular flexibility index (Phi) is 5.00. The van der Waals surface area contributed by atoms with E-state index < -0.39 is 0 Å². The standard InChI is InChI=1S/C19H32N4O/c1-14-7-5-6-11-22(14)12-10-20-18(24)17-13-16(15-8-9-15)21-23(17)19(2,3)4/h13-15H,5-12H2,1-4H3,(H,20,24)/t14-/m0/s1. The van der Waals surface area contributed by atoms with Gasteiger partial charge in [0, 0.05) is 25.0 Å². The maximum absolute atomic E-state index is 12.7. The van der Waals surface area contributed by atoms with E-state index >= 15 is 0 Å². The first kappa shape index (κ1) is 17.5. The van der Waals surface area contributed by atoms with Crippen molar-refractivity contribution in [3.05, 3.63) is 17.5 Å². The third kappa shape index (κ3) is 4.00. The van der Waals surface area contributed by atoms with Gasteiger partial charge < -0.3 is 5.32 Å². The highest BCUT2D eigenvalue weighted by molar-refractivity contribution is 5.92. The number of carbonyl (C=O) groups is 1. The number of piperidine rings is 1. The van der Waals surface area contributed by atoms with E-state index in [-0.39, 0.29) is 11.4 Å². The lowest BCUT2D eigenvalue weighted by atomic mass is 10.0. The molecule has 1 aromatic heterocycles. The number of nitrogens with one attached hydrogen (secondary N) is 1. The molecule has 2 aliphatic rings. The monoisotopic (exact) mass is 332 g/mol. The van der Waals surface area contributed by atoms with Gasteiger partial charge in [0.2, 0.25) is 0 Å². The average Bonchev–Trinajstić information content (AvgIpc) is 3.26. The summed E-state index contributed by atoms with van der Waals surface area (Å²) in [6.07, 6.45) is 6.29. The van der Waals surface area contributed by atoms with Gasteiger partial charge in [0.15, 0.2) is 0 Å². The van der Waals surface area contributed by atoms with Gasteiger partial charge in [-0.3, -0.25) is 14.4 Å². The fourth-order valence-electron chi connectivity index (χ4n) is 3.54. The Morgan fingerprint density at radius 3 is 2.67 bits per heavy atom. The predicted octanol–water partition coefficient (Wildman–Crippen LogP) is 3.12. The molecule has 5 heteroatoms. The molecule has 1 N–H and O–H groups in total. The quantitative estimate of drug-likeness (QED) is 0.901. The number of likely N-dealkylation sites (tertiary alicyclic amines) is 1. The minimum Gasteiger partial charge on any atom is -0.349 e. The Hall–Kier alpha value is -1.36. The maximum Gasteiger partial charge on any atom is 0.269 e. The summed E-state index contributed by atoms with van der Waals surface area (Å²) in [6, 6.07) is 2.64. The lowest BCUT2D eigenvalue weighted by Gasteiger charge is -2.33. The Morgan fingerprint density at radius 2 is 2.04 bits per heavy atom. The summed E-state index contributed by atoms with van der Waals surface area (Å²) < 4.78 is 1.90. The zero-order valence-electron chi connectivity index (χ0n) is 15.6. The van der Waals surface area contributed by atoms with Crippen LogP contribution in [0.2, 0.25) is 0 Å². The van der Waals surface area contributed by atoms with Gasteiger partial charge in [-0.25, -0.2) is 0 Å². The van der Waals surface area contributed by atoms with Crippen molar-refractivity contribution in [1.29, 1.82) is 0 Å². The highest BCUT2D eigenvalue weighted by atomic mass is 16.2. The molecule has 0 bridgehead atoms. The zero-order valence-corrected chi connectivity index (χ0v) is 15.6. The number of hydrogen-bond acceptors (Lipinski definition) is 3. The van der Waals surface area contributed by atoms with Crippen molar-refractivity contribution in [2.24, 2.45) is 0 Å². The number of rotatable bonds is 5. The molecule has 2 heterocycles. The van der Waals surface area contributed by atoms with Crippen LogP contribution in [0, 0.1) is 0 Å². The second kappa shape index (κ2) is 6.87. The molecule has 0 unspecified atom stereocenters. The summed E-state index contributed by atoms with van der Waals surface area (Å²) in [5.74, 6) is 0.573. The Labute approximate surface area is 145 Å². The van der Waals surface area contributed by atoms with Crippen LogP contribution in [0.5, 0.6) is 0 Å². The topological polar surface area (TPSA) is 50.2 Å². The first-order valence-corrected chi connectivity index (χ1v) is 9.49. The normalized spacial score (nSPS) is 22.6. The molecule has 134 valence electrons. The summed E-state index contributed by atoms with van der Waals surface area (Å²) in [6.45, 7) is 11.4. The number of amides is 1. The number of nitrogens with zero attached hydrogens (tertiary/aromatic N) is 3. The van der Waals surface area contributed by atoms with Crippen LogP contribution in [0.15, 0.2) is 6.07 Å². The van der Waals surface area contributed by atoms with Gasteiger partial charge in [0.25, 0.3) is 5.91 Å². The molecule has 24 heavy (non-hydrogen) atoms. The largest absolute Gasteiger partial charge is 0.349 e. The van der Waals surface area contributed by atoms with E-state index in [1.54, 1.807) is 0 Å². The Morgan fingerprint density at radius 1 is 1.29 bits per heavy atom. The summed E-state index contributed by atoms with van der Waals surface area (Å²) in [5, 5.41) is 7.83. The first-order chi connectivity index (χ1) is 11.4. The van der Waals surface area contributed by atoms with Crippen LogP contribution in [0.4, 0.5) is 0 Å². The lowest BCUT2D eigenvalue weighted by Crippen LogP contribution is -2.43. The van der Waals surface area contributed by atoms with Crippen LogP contribution in [-0.2, 0) is 5.54 Å². The Bertz CT molecular complexity index is 583. The van der Waals surface area contributed by atoms with Gasteiger partial charge in [0.05, 0.1) is 11.2 Å². The molecule has 5 nitrogen and oxygen atoms in total. The van der Waals surface area contributed by atoms with Gasteiger partial charge in [-0.15, -0.1) is 0 Å². The fourth-order valence-corrected chi connectivity index (χ4v) is 3.54. The molecule has 1 saturated heterocycles. The SMILES string of the molecule is C[C@H]1CCCCN1CCNC(=O)c1cc(C2CC2)nn1C(C)(C)C. The first-order valence-electron chi connectivity index (χ1n) is 9.49. The molecular formula is C19H32N4O. The van der Waals surface area contributed by atoms with Crippen molar-refractivity contribution in [3.63, 3.8) is 0 Å². The third-order valence-corrected chi connectivity index (χ3v) is 5.22. The molecule has 3 rings (SSSR count). The van der Waals surface area contributed by atoms with Crippen LogP contribution in [0.1, 0.15) is 81.9 Å². The molecule has 0 spiro atoms. The number of aromatic nitrogens is 2. The zero-order chi connectivity index (χ0) is 17.3. The average molecular weight is 332 g/mol. The molecule has 1 aliphatic heterocycles. The maximum atomic E-state index is 12.7. The van der Waals surface area contributed by atoms with Gasteiger partial charge >= 0.3 is 0 Å². The van der Waals surface area contributed by atoms with Crippen LogP contribution in [0.25, 0.3) is 0 Å². The lowest BCUT2D eigenvalue weighted by molar-refractivity contribution is 0.0920. The second-order valence-corrected chi connectivity index (χ2v) is 8.45. The summed E-state index contributed by atoms with van der Waals surface area (Å²) in [5.41, 5.74) is 1.61. The van der Waals surface area contributed by atoms with E-state index in [0.717, 1.165) is 18.8 Å². The van der Waals surface area contributed by atoms with Gasteiger partial charge in [-0.1, -0.05) is 6.42 Å². The highest BCUT2D eigenvalue weighted by Crippen LogP contribution is 2.40.